The van der Waals surface area contributed by atoms with E-state index in [-0.39, 0.29) is 7.11 Å². The van der Waals surface area contributed by atoms with Gasteiger partial charge in [-0.1, -0.05) is 0 Å². The molecule has 0 aromatic carbocycles. The summed E-state index contributed by atoms with van der Waals surface area (Å²) in [6.07, 6.45) is -19.4. The zero-order valence-electron chi connectivity index (χ0n) is 10.8. The summed E-state index contributed by atoms with van der Waals surface area (Å²) in [5.41, 5.74) is 0. The first-order valence-corrected chi connectivity index (χ1v) is 5.11. The third-order valence-electron chi connectivity index (χ3n) is 2.11. The van der Waals surface area contributed by atoms with Crippen LogP contribution in [0.1, 0.15) is 0 Å². The van der Waals surface area contributed by atoms with Crippen molar-refractivity contribution in [3.05, 3.63) is 0 Å². The molecule has 0 N–H and O–H groups in total. The molecule has 0 fully saturated rings. The van der Waals surface area contributed by atoms with Gasteiger partial charge in [-0.2, -0.15) is 54.1 Å². The summed E-state index contributed by atoms with van der Waals surface area (Å²) in [5.74, 6) is -12.3. The summed E-state index contributed by atoms with van der Waals surface area (Å²) in [6, 6.07) is 0. The molecule has 0 aliphatic heterocycles. The molecule has 0 heterocycles. The van der Waals surface area contributed by atoms with Crippen molar-refractivity contribution in [1.29, 1.82) is 0 Å². The Morgan fingerprint density at radius 1 is 0.783 bits per heavy atom. The third kappa shape index (κ3) is 4.39. The highest BCUT2D eigenvalue weighted by Crippen LogP contribution is 2.51. The molecular formula is C8H7F11N2O2. The number of azo groups is 1. The Morgan fingerprint density at radius 3 is 1.61 bits per heavy atom. The molecule has 0 aliphatic carbocycles. The Morgan fingerprint density at radius 2 is 1.26 bits per heavy atom. The predicted octanol–water partition coefficient (Wildman–Crippen LogP) is 4.08. The minimum absolute atomic E-state index is 0.213. The average molecular weight is 372 g/mol. The Balaban J connectivity index is 5.70. The number of nitrogens with zero attached hydrogens (tertiary/aromatic N) is 2. The van der Waals surface area contributed by atoms with E-state index in [9.17, 15) is 48.3 Å². The molecule has 23 heavy (non-hydrogen) atoms. The Bertz CT molecular complexity index is 425. The zero-order chi connectivity index (χ0) is 18.7. The molecular weight excluding hydrogens is 365 g/mol. The maximum Gasteiger partial charge on any atom is 0.458 e. The fourth-order valence-electron chi connectivity index (χ4n) is 0.933. The number of hydrogen-bond acceptors (Lipinski definition) is 4. The summed E-state index contributed by atoms with van der Waals surface area (Å²) < 4.78 is 144. The molecule has 0 rings (SSSR count). The molecule has 0 bridgehead atoms. The second kappa shape index (κ2) is 6.70. The van der Waals surface area contributed by atoms with Gasteiger partial charge >= 0.3 is 30.2 Å². The fraction of sp³-hybridized carbons (Fsp3) is 1.00. The van der Waals surface area contributed by atoms with E-state index in [1.165, 1.54) is 0 Å². The lowest BCUT2D eigenvalue weighted by Gasteiger charge is -2.36. The van der Waals surface area contributed by atoms with Gasteiger partial charge in [0.05, 0.1) is 0 Å². The van der Waals surface area contributed by atoms with Crippen molar-refractivity contribution in [3.63, 3.8) is 0 Å². The SMILES string of the molecule is COC(F)(F)C(F)(OC(F)(F)C(F)(F)CN=NCF)C(F)(F)F. The van der Waals surface area contributed by atoms with Gasteiger partial charge in [-0.3, -0.25) is 4.74 Å². The number of rotatable bonds is 8. The van der Waals surface area contributed by atoms with Crippen LogP contribution in [0.2, 0.25) is 0 Å². The maximum atomic E-state index is 13.3. The van der Waals surface area contributed by atoms with E-state index < -0.39 is 43.5 Å². The van der Waals surface area contributed by atoms with Crippen LogP contribution in [0.3, 0.4) is 0 Å². The van der Waals surface area contributed by atoms with Crippen LogP contribution in [0.4, 0.5) is 48.3 Å². The quantitative estimate of drug-likeness (QED) is 0.366. The van der Waals surface area contributed by atoms with Crippen molar-refractivity contribution in [1.82, 2.24) is 0 Å². The molecule has 1 atom stereocenters. The van der Waals surface area contributed by atoms with Gasteiger partial charge < -0.3 is 4.74 Å². The summed E-state index contributed by atoms with van der Waals surface area (Å²) in [4.78, 5) is 0. The van der Waals surface area contributed by atoms with E-state index in [0.717, 1.165) is 0 Å². The normalized spacial score (nSPS) is 17.6. The van der Waals surface area contributed by atoms with Crippen LogP contribution in [0.15, 0.2) is 10.2 Å². The second-order valence-corrected chi connectivity index (χ2v) is 3.70. The van der Waals surface area contributed by atoms with E-state index in [0.29, 0.717) is 0 Å². The van der Waals surface area contributed by atoms with Gasteiger partial charge in [0.1, 0.15) is 6.54 Å². The smallest absolute Gasteiger partial charge is 0.319 e. The third-order valence-corrected chi connectivity index (χ3v) is 2.11. The Labute approximate surface area is 120 Å². The topological polar surface area (TPSA) is 43.2 Å². The summed E-state index contributed by atoms with van der Waals surface area (Å²) in [5, 5.41) is 4.30. The Kier molecular flexibility index (Phi) is 6.34. The maximum absolute atomic E-state index is 13.3. The molecule has 0 aromatic rings. The van der Waals surface area contributed by atoms with E-state index in [2.05, 4.69) is 19.7 Å². The van der Waals surface area contributed by atoms with E-state index in [1.807, 2.05) is 0 Å². The first-order valence-electron chi connectivity index (χ1n) is 5.11. The van der Waals surface area contributed by atoms with Gasteiger partial charge in [0, 0.05) is 7.11 Å². The zero-order valence-corrected chi connectivity index (χ0v) is 10.8. The summed E-state index contributed by atoms with van der Waals surface area (Å²) in [7, 11) is -0.213. The van der Waals surface area contributed by atoms with Crippen LogP contribution in [0.5, 0.6) is 0 Å². The molecule has 0 saturated carbocycles. The molecule has 138 valence electrons. The molecule has 0 aromatic heterocycles. The highest BCUT2D eigenvalue weighted by molar-refractivity contribution is 4.91. The summed E-state index contributed by atoms with van der Waals surface area (Å²) in [6.45, 7) is -4.20. The average Bonchev–Trinajstić information content (AvgIpc) is 2.36. The van der Waals surface area contributed by atoms with Crippen molar-refractivity contribution in [3.8, 4) is 0 Å². The minimum atomic E-state index is -6.88. The van der Waals surface area contributed by atoms with Crippen molar-refractivity contribution < 1.29 is 57.8 Å². The van der Waals surface area contributed by atoms with Gasteiger partial charge in [0.15, 0.2) is 6.80 Å². The first-order chi connectivity index (χ1) is 10.1. The van der Waals surface area contributed by atoms with Crippen molar-refractivity contribution in [2.24, 2.45) is 10.2 Å². The first kappa shape index (κ1) is 21.8. The largest absolute Gasteiger partial charge is 0.458 e. The van der Waals surface area contributed by atoms with Crippen LogP contribution in [0.25, 0.3) is 0 Å². The number of alkyl halides is 11. The Hall–Kier alpha value is -1.25. The number of methoxy groups -OCH3 is 1. The van der Waals surface area contributed by atoms with Crippen molar-refractivity contribution in [2.45, 2.75) is 30.2 Å². The highest BCUT2D eigenvalue weighted by Gasteiger charge is 2.79. The standard InChI is InChI=1S/C8H7F11N2O2/c1-22-8(18,19)5(12,6(13,14)15)23-7(16,17)4(10,11)2-20-21-3-9/h2-3H2,1H3. The van der Waals surface area contributed by atoms with Gasteiger partial charge in [-0.25, -0.2) is 4.39 Å². The van der Waals surface area contributed by atoms with Crippen molar-refractivity contribution in [2.75, 3.05) is 20.5 Å². The lowest BCUT2D eigenvalue weighted by Crippen LogP contribution is -2.63. The molecule has 4 nitrogen and oxygen atoms in total. The predicted molar refractivity (Wildman–Crippen MR) is 48.5 cm³/mol. The lowest BCUT2D eigenvalue weighted by atomic mass is 10.2. The van der Waals surface area contributed by atoms with Gasteiger partial charge in [0.25, 0.3) is 0 Å². The van der Waals surface area contributed by atoms with Crippen molar-refractivity contribution >= 4 is 0 Å². The van der Waals surface area contributed by atoms with Gasteiger partial charge in [-0.15, -0.1) is 0 Å². The fourth-order valence-corrected chi connectivity index (χ4v) is 0.933. The van der Waals surface area contributed by atoms with E-state index in [4.69, 9.17) is 0 Å². The molecule has 1 unspecified atom stereocenters. The molecule has 0 aliphatic rings. The molecule has 0 radical (unpaired) electrons. The number of halogens is 11. The number of ether oxygens (including phenoxy) is 2. The van der Waals surface area contributed by atoms with Crippen LogP contribution in [-0.2, 0) is 9.47 Å². The summed E-state index contributed by atoms with van der Waals surface area (Å²) >= 11 is 0. The molecule has 0 amide bonds. The minimum Gasteiger partial charge on any atom is -0.319 e. The lowest BCUT2D eigenvalue weighted by molar-refractivity contribution is -0.515. The number of hydrogen-bond donors (Lipinski definition) is 0. The van der Waals surface area contributed by atoms with Crippen LogP contribution < -0.4 is 0 Å². The molecule has 0 spiro atoms. The monoisotopic (exact) mass is 372 g/mol. The van der Waals surface area contributed by atoms with Gasteiger partial charge in [0.2, 0.25) is 0 Å². The van der Waals surface area contributed by atoms with Crippen LogP contribution >= 0.6 is 0 Å². The van der Waals surface area contributed by atoms with E-state index >= 15 is 0 Å². The molecule has 0 saturated heterocycles. The second-order valence-electron chi connectivity index (χ2n) is 3.70. The van der Waals surface area contributed by atoms with Crippen LogP contribution in [-0.4, -0.2) is 50.6 Å². The molecule has 15 heteroatoms. The van der Waals surface area contributed by atoms with Crippen LogP contribution in [0, 0.1) is 0 Å². The van der Waals surface area contributed by atoms with E-state index in [1.54, 1.807) is 0 Å². The van der Waals surface area contributed by atoms with Gasteiger partial charge in [-0.05, 0) is 0 Å². The highest BCUT2D eigenvalue weighted by atomic mass is 19.4.